The van der Waals surface area contributed by atoms with E-state index in [-0.39, 0.29) is 0 Å². The van der Waals surface area contributed by atoms with E-state index < -0.39 is 9.07 Å². The molecule has 1 spiro atoms. The topological polar surface area (TPSA) is 30.0 Å². The van der Waals surface area contributed by atoms with Crippen LogP contribution in [0.1, 0.15) is 0 Å². The summed E-state index contributed by atoms with van der Waals surface area (Å²) in [6.45, 7) is 0. The second kappa shape index (κ2) is 16.7. The van der Waals surface area contributed by atoms with Crippen molar-refractivity contribution in [3.05, 3.63) is 291 Å². The van der Waals surface area contributed by atoms with Gasteiger partial charge in [0.05, 0.1) is 56.9 Å². The van der Waals surface area contributed by atoms with Crippen LogP contribution in [-0.4, -0.2) is 4.21 Å². The van der Waals surface area contributed by atoms with Gasteiger partial charge in [-0.05, 0) is 143 Å². The van der Waals surface area contributed by atoms with Gasteiger partial charge in [-0.2, -0.15) is 0 Å². The summed E-state index contributed by atoms with van der Waals surface area (Å²) in [7, 11) is -4.36. The van der Waals surface area contributed by atoms with Crippen molar-refractivity contribution in [1.29, 1.82) is 0 Å². The number of para-hydroxylation sites is 12. The van der Waals surface area contributed by atoms with Crippen molar-refractivity contribution in [2.75, 3.05) is 19.6 Å². The maximum absolute atomic E-state index is 18.6. The molecule has 0 saturated heterocycles. The fourth-order valence-electron chi connectivity index (χ4n) is 13.2. The molecule has 0 unspecified atom stereocenters. The van der Waals surface area contributed by atoms with Crippen molar-refractivity contribution in [1.82, 2.24) is 0 Å². The Kier molecular flexibility index (Phi) is 9.51. The van der Waals surface area contributed by atoms with E-state index in [2.05, 4.69) is 311 Å². The molecule has 0 N–H and O–H groups in total. The molecule has 5 nitrogen and oxygen atoms in total. The summed E-state index contributed by atoms with van der Waals surface area (Å²) in [6.07, 6.45) is 0. The van der Waals surface area contributed by atoms with Crippen molar-refractivity contribution in [3.63, 3.8) is 0 Å². The van der Waals surface area contributed by atoms with Crippen LogP contribution >= 0.6 is 0 Å². The lowest BCUT2D eigenvalue weighted by Gasteiger charge is -2.41. The number of fused-ring (bicyclic) bond motifs is 14. The molecule has 4 aliphatic rings. The Morgan fingerprint density at radius 3 is 0.808 bits per heavy atom. The highest BCUT2D eigenvalue weighted by molar-refractivity contribution is 8.21. The number of hydrogen-bond donors (Lipinski definition) is 0. The lowest BCUT2D eigenvalue weighted by molar-refractivity contribution is 0.658. The Morgan fingerprint density at radius 2 is 0.462 bits per heavy atom. The molecule has 0 bridgehead atoms. The SMILES string of the molecule is O=S12(c3ccccc3-c3ccc(-c4ccccc4N4c5ccccc5N(c5ccccc5)c5ccccc54)cc31)c1ccccc1-c1ccc(-c3ccccc3N3c4ccccc4N(c4ccccc4)c4ccccc43)cc12. The van der Waals surface area contributed by atoms with Gasteiger partial charge in [0.2, 0.25) is 0 Å². The predicted molar refractivity (Wildman–Crippen MR) is 322 cm³/mol. The standard InChI is InChI=1S/C72H48N4OS/c77-78(69-41-21-9-29-55(69)57-45-43-49(47-71(57)78)53-27-7-11-31-59(53)75-65-37-17-13-33-61(65)73(51-23-3-1-4-24-51)62-34-14-18-38-66(62)75)70-42-22-10-30-56(70)58-46-44-50(48-72(58)78)54-28-8-12-32-60(54)76-67-39-19-15-35-63(67)74(52-25-5-2-6-26-52)64-36-16-20-40-68(64)76/h1-48H. The Hall–Kier alpha value is -10.0. The number of hydrogen-bond acceptors (Lipinski definition) is 5. The molecule has 4 aliphatic heterocycles. The van der Waals surface area contributed by atoms with Gasteiger partial charge in [-0.1, -0.05) is 182 Å². The quantitative estimate of drug-likeness (QED) is 0.166. The van der Waals surface area contributed by atoms with E-state index in [1.807, 2.05) is 0 Å². The first-order valence-electron chi connectivity index (χ1n) is 26.6. The molecule has 0 saturated carbocycles. The van der Waals surface area contributed by atoms with Crippen LogP contribution in [-0.2, 0) is 9.07 Å². The summed E-state index contributed by atoms with van der Waals surface area (Å²) in [4.78, 5) is 12.9. The molecule has 6 heteroatoms. The number of benzene rings is 12. The van der Waals surface area contributed by atoms with E-state index in [4.69, 9.17) is 0 Å². The van der Waals surface area contributed by atoms with Crippen LogP contribution in [0.2, 0.25) is 0 Å². The molecule has 12 aromatic rings. The Balaban J connectivity index is 0.898. The zero-order chi connectivity index (χ0) is 51.6. The third-order valence-corrected chi connectivity index (χ3v) is 21.1. The summed E-state index contributed by atoms with van der Waals surface area (Å²) in [5.41, 5.74) is 21.0. The van der Waals surface area contributed by atoms with Crippen LogP contribution in [0.15, 0.2) is 311 Å². The number of rotatable bonds is 6. The molecule has 78 heavy (non-hydrogen) atoms. The van der Waals surface area contributed by atoms with Crippen LogP contribution in [0, 0.1) is 0 Å². The monoisotopic (exact) mass is 1020 g/mol. The van der Waals surface area contributed by atoms with Crippen molar-refractivity contribution < 1.29 is 4.21 Å². The average Bonchev–Trinajstić information content (AvgIpc) is 3.59. The molecule has 0 aliphatic carbocycles. The maximum Gasteiger partial charge on any atom is 0.0703 e. The molecular formula is C72H48N4OS. The fraction of sp³-hybridized carbons (Fsp3) is 0. The van der Waals surface area contributed by atoms with Crippen LogP contribution in [0.5, 0.6) is 0 Å². The first kappa shape index (κ1) is 44.3. The summed E-state index contributed by atoms with van der Waals surface area (Å²) < 4.78 is 18.6. The molecule has 0 atom stereocenters. The zero-order valence-corrected chi connectivity index (χ0v) is 43.1. The van der Waals surface area contributed by atoms with E-state index >= 15 is 4.21 Å². The van der Waals surface area contributed by atoms with Crippen LogP contribution in [0.25, 0.3) is 44.5 Å². The van der Waals surface area contributed by atoms with E-state index in [1.165, 1.54) is 0 Å². The number of nitrogens with zero attached hydrogens (tertiary/aromatic N) is 4. The van der Waals surface area contributed by atoms with E-state index in [0.717, 1.165) is 132 Å². The summed E-state index contributed by atoms with van der Waals surface area (Å²) in [5, 5.41) is 0. The average molecular weight is 1020 g/mol. The van der Waals surface area contributed by atoms with Gasteiger partial charge < -0.3 is 19.6 Å². The Labute approximate surface area is 453 Å². The summed E-state index contributed by atoms with van der Waals surface area (Å²) >= 11 is 0. The molecule has 0 fully saturated rings. The Morgan fingerprint density at radius 1 is 0.205 bits per heavy atom. The summed E-state index contributed by atoms with van der Waals surface area (Å²) in [6, 6.07) is 104. The molecule has 4 heterocycles. The van der Waals surface area contributed by atoms with E-state index in [0.29, 0.717) is 0 Å². The van der Waals surface area contributed by atoms with Gasteiger partial charge in [0.15, 0.2) is 0 Å². The summed E-state index contributed by atoms with van der Waals surface area (Å²) in [5.74, 6) is 0. The van der Waals surface area contributed by atoms with Gasteiger partial charge in [0.25, 0.3) is 0 Å². The van der Waals surface area contributed by atoms with Crippen molar-refractivity contribution >= 4 is 77.3 Å². The van der Waals surface area contributed by atoms with Crippen molar-refractivity contribution in [2.45, 2.75) is 19.6 Å². The lowest BCUT2D eigenvalue weighted by atomic mass is 9.97. The highest BCUT2D eigenvalue weighted by atomic mass is 32.3. The second-order valence-electron chi connectivity index (χ2n) is 20.4. The van der Waals surface area contributed by atoms with E-state index in [1.54, 1.807) is 0 Å². The molecule has 0 aromatic heterocycles. The van der Waals surface area contributed by atoms with Gasteiger partial charge in [0, 0.05) is 51.1 Å². The van der Waals surface area contributed by atoms with Gasteiger partial charge in [-0.3, -0.25) is 4.21 Å². The van der Waals surface area contributed by atoms with Crippen LogP contribution in [0.4, 0.5) is 68.2 Å². The Bertz CT molecular complexity index is 4130. The molecular weight excluding hydrogens is 969 g/mol. The van der Waals surface area contributed by atoms with Gasteiger partial charge in [-0.25, -0.2) is 0 Å². The zero-order valence-electron chi connectivity index (χ0n) is 42.3. The smallest absolute Gasteiger partial charge is 0.0703 e. The molecule has 0 radical (unpaired) electrons. The minimum Gasteiger partial charge on any atom is -0.306 e. The minimum absolute atomic E-state index is 0.840. The van der Waals surface area contributed by atoms with E-state index in [9.17, 15) is 0 Å². The maximum atomic E-state index is 18.6. The van der Waals surface area contributed by atoms with Gasteiger partial charge >= 0.3 is 0 Å². The van der Waals surface area contributed by atoms with Crippen LogP contribution < -0.4 is 19.6 Å². The van der Waals surface area contributed by atoms with Crippen molar-refractivity contribution in [3.8, 4) is 44.5 Å². The second-order valence-corrected chi connectivity index (χ2v) is 24.0. The molecule has 12 aromatic carbocycles. The lowest BCUT2D eigenvalue weighted by Crippen LogP contribution is -2.30. The third-order valence-electron chi connectivity index (χ3n) is 16.4. The third kappa shape index (κ3) is 5.97. The van der Waals surface area contributed by atoms with Crippen LogP contribution in [0.3, 0.4) is 0 Å². The first-order valence-corrected chi connectivity index (χ1v) is 28.5. The minimum atomic E-state index is -4.36. The van der Waals surface area contributed by atoms with Gasteiger partial charge in [-0.15, -0.1) is 0 Å². The van der Waals surface area contributed by atoms with Gasteiger partial charge in [0.1, 0.15) is 0 Å². The normalized spacial score (nSPS) is 14.9. The highest BCUT2D eigenvalue weighted by Gasteiger charge is 2.57. The number of anilines is 12. The predicted octanol–water partition coefficient (Wildman–Crippen LogP) is 19.8. The molecule has 16 rings (SSSR count). The molecule has 368 valence electrons. The van der Waals surface area contributed by atoms with Crippen molar-refractivity contribution in [2.24, 2.45) is 0 Å². The largest absolute Gasteiger partial charge is 0.306 e. The molecule has 0 amide bonds. The highest BCUT2D eigenvalue weighted by Crippen LogP contribution is 2.72. The first-order chi connectivity index (χ1) is 38.6. The fourth-order valence-corrected chi connectivity index (χ4v) is 18.4.